The zero-order valence-electron chi connectivity index (χ0n) is 11.0. The Hall–Kier alpha value is -1.95. The minimum absolute atomic E-state index is 0.238. The van der Waals surface area contributed by atoms with Crippen LogP contribution in [0, 0.1) is 13.8 Å². The normalized spacial score (nSPS) is 11.9. The summed E-state index contributed by atoms with van der Waals surface area (Å²) in [6, 6.07) is 7.58. The lowest BCUT2D eigenvalue weighted by molar-refractivity contribution is -0.122. The molecule has 0 spiro atoms. The van der Waals surface area contributed by atoms with Gasteiger partial charge in [0.25, 0.3) is 5.91 Å². The van der Waals surface area contributed by atoms with Gasteiger partial charge in [-0.2, -0.15) is 0 Å². The average molecular weight is 277 g/mol. The Labute approximate surface area is 115 Å². The molecule has 0 bridgehead atoms. The number of benzene rings is 1. The van der Waals surface area contributed by atoms with Crippen molar-refractivity contribution in [3.05, 3.63) is 34.8 Å². The van der Waals surface area contributed by atoms with Crippen LogP contribution in [0.5, 0.6) is 5.75 Å². The first-order chi connectivity index (χ1) is 9.04. The number of aryl methyl sites for hydroxylation is 2. The lowest BCUT2D eigenvalue weighted by Crippen LogP contribution is -2.30. The van der Waals surface area contributed by atoms with E-state index in [4.69, 9.17) is 4.74 Å². The lowest BCUT2D eigenvalue weighted by Gasteiger charge is -2.13. The third-order valence-electron chi connectivity index (χ3n) is 2.43. The van der Waals surface area contributed by atoms with E-state index in [1.165, 1.54) is 11.3 Å². The number of ether oxygens (including phenoxy) is 1. The lowest BCUT2D eigenvalue weighted by atomic mass is 10.2. The molecular weight excluding hydrogens is 262 g/mol. The predicted octanol–water partition coefficient (Wildman–Crippen LogP) is 2.56. The van der Waals surface area contributed by atoms with Crippen molar-refractivity contribution >= 4 is 22.4 Å². The maximum Gasteiger partial charge on any atom is 0.266 e. The van der Waals surface area contributed by atoms with Gasteiger partial charge in [-0.3, -0.25) is 10.1 Å². The second-order valence-corrected chi connectivity index (χ2v) is 5.37. The van der Waals surface area contributed by atoms with E-state index in [1.54, 1.807) is 6.92 Å². The fourth-order valence-corrected chi connectivity index (χ4v) is 2.10. The van der Waals surface area contributed by atoms with E-state index in [2.05, 4.69) is 15.5 Å². The summed E-state index contributed by atoms with van der Waals surface area (Å²) < 4.78 is 5.58. The predicted molar refractivity (Wildman–Crippen MR) is 74.5 cm³/mol. The molecule has 0 aliphatic carbocycles. The summed E-state index contributed by atoms with van der Waals surface area (Å²) in [5.74, 6) is 0.439. The molecule has 0 radical (unpaired) electrons. The first-order valence-electron chi connectivity index (χ1n) is 5.89. The highest BCUT2D eigenvalue weighted by Gasteiger charge is 2.16. The van der Waals surface area contributed by atoms with E-state index in [1.807, 2.05) is 38.1 Å². The van der Waals surface area contributed by atoms with Crippen molar-refractivity contribution < 1.29 is 9.53 Å². The monoisotopic (exact) mass is 277 g/mol. The molecule has 0 aliphatic rings. The second-order valence-electron chi connectivity index (χ2n) is 4.19. The Balaban J connectivity index is 1.96. The van der Waals surface area contributed by atoms with Crippen LogP contribution in [0.4, 0.5) is 5.13 Å². The summed E-state index contributed by atoms with van der Waals surface area (Å²) in [4.78, 5) is 11.9. The third-order valence-corrected chi connectivity index (χ3v) is 3.18. The van der Waals surface area contributed by atoms with Crippen LogP contribution in [0.3, 0.4) is 0 Å². The molecule has 2 rings (SSSR count). The summed E-state index contributed by atoms with van der Waals surface area (Å²) in [5, 5.41) is 11.7. The molecule has 5 nitrogen and oxygen atoms in total. The maximum atomic E-state index is 11.9. The first kappa shape index (κ1) is 13.5. The molecule has 1 N–H and O–H groups in total. The van der Waals surface area contributed by atoms with Crippen LogP contribution in [-0.2, 0) is 4.79 Å². The van der Waals surface area contributed by atoms with Crippen LogP contribution < -0.4 is 10.1 Å². The Morgan fingerprint density at radius 2 is 2.16 bits per heavy atom. The average Bonchev–Trinajstić information content (AvgIpc) is 2.74. The van der Waals surface area contributed by atoms with Gasteiger partial charge in [0.1, 0.15) is 10.8 Å². The van der Waals surface area contributed by atoms with E-state index in [9.17, 15) is 4.79 Å². The molecule has 1 amide bonds. The van der Waals surface area contributed by atoms with E-state index in [0.717, 1.165) is 10.6 Å². The topological polar surface area (TPSA) is 64.1 Å². The number of aromatic nitrogens is 2. The molecule has 1 unspecified atom stereocenters. The number of hydrogen-bond donors (Lipinski definition) is 1. The van der Waals surface area contributed by atoms with E-state index >= 15 is 0 Å². The molecule has 0 saturated carbocycles. The smallest absolute Gasteiger partial charge is 0.266 e. The molecule has 100 valence electrons. The summed E-state index contributed by atoms with van der Waals surface area (Å²) in [6.45, 7) is 5.51. The number of nitrogens with one attached hydrogen (secondary N) is 1. The van der Waals surface area contributed by atoms with Gasteiger partial charge in [-0.15, -0.1) is 10.2 Å². The van der Waals surface area contributed by atoms with Crippen molar-refractivity contribution in [1.82, 2.24) is 10.2 Å². The number of rotatable bonds is 4. The molecule has 1 aromatic carbocycles. The van der Waals surface area contributed by atoms with Crippen LogP contribution in [0.2, 0.25) is 0 Å². The summed E-state index contributed by atoms with van der Waals surface area (Å²) in [7, 11) is 0. The zero-order chi connectivity index (χ0) is 13.8. The Bertz CT molecular complexity index is 583. The van der Waals surface area contributed by atoms with E-state index in [0.29, 0.717) is 10.9 Å². The molecule has 0 aliphatic heterocycles. The van der Waals surface area contributed by atoms with Gasteiger partial charge in [-0.05, 0) is 38.5 Å². The van der Waals surface area contributed by atoms with Crippen molar-refractivity contribution in [1.29, 1.82) is 0 Å². The molecule has 1 aromatic heterocycles. The maximum absolute atomic E-state index is 11.9. The van der Waals surface area contributed by atoms with Crippen molar-refractivity contribution in [3.63, 3.8) is 0 Å². The highest BCUT2D eigenvalue weighted by atomic mass is 32.1. The molecule has 19 heavy (non-hydrogen) atoms. The van der Waals surface area contributed by atoms with Crippen LogP contribution in [0.25, 0.3) is 0 Å². The third kappa shape index (κ3) is 3.75. The second kappa shape index (κ2) is 5.79. The van der Waals surface area contributed by atoms with Crippen LogP contribution in [0.15, 0.2) is 24.3 Å². The van der Waals surface area contributed by atoms with Gasteiger partial charge >= 0.3 is 0 Å². The van der Waals surface area contributed by atoms with Crippen LogP contribution in [-0.4, -0.2) is 22.2 Å². The Morgan fingerprint density at radius 3 is 2.79 bits per heavy atom. The Morgan fingerprint density at radius 1 is 1.37 bits per heavy atom. The van der Waals surface area contributed by atoms with Gasteiger partial charge in [0, 0.05) is 0 Å². The summed E-state index contributed by atoms with van der Waals surface area (Å²) in [5.41, 5.74) is 1.09. The minimum Gasteiger partial charge on any atom is -0.481 e. The van der Waals surface area contributed by atoms with Crippen molar-refractivity contribution in [2.45, 2.75) is 26.9 Å². The van der Waals surface area contributed by atoms with Crippen LogP contribution >= 0.6 is 11.3 Å². The van der Waals surface area contributed by atoms with Gasteiger partial charge in [0.15, 0.2) is 6.10 Å². The van der Waals surface area contributed by atoms with Gasteiger partial charge in [-0.1, -0.05) is 23.5 Å². The summed E-state index contributed by atoms with van der Waals surface area (Å²) >= 11 is 1.33. The van der Waals surface area contributed by atoms with Crippen molar-refractivity contribution in [3.8, 4) is 5.75 Å². The van der Waals surface area contributed by atoms with Gasteiger partial charge in [-0.25, -0.2) is 0 Å². The number of anilines is 1. The number of nitrogens with zero attached hydrogens (tertiary/aromatic N) is 2. The molecule has 0 fully saturated rings. The minimum atomic E-state index is -0.592. The van der Waals surface area contributed by atoms with Crippen molar-refractivity contribution in [2.24, 2.45) is 0 Å². The number of carbonyl (C=O) groups is 1. The van der Waals surface area contributed by atoms with E-state index in [-0.39, 0.29) is 5.91 Å². The molecule has 1 heterocycles. The van der Waals surface area contributed by atoms with Gasteiger partial charge in [0.05, 0.1) is 0 Å². The molecule has 2 aromatic rings. The molecule has 1 atom stereocenters. The highest BCUT2D eigenvalue weighted by Crippen LogP contribution is 2.16. The first-order valence-corrected chi connectivity index (χ1v) is 6.70. The van der Waals surface area contributed by atoms with Gasteiger partial charge < -0.3 is 4.74 Å². The molecular formula is C13H15N3O2S. The SMILES string of the molecule is Cc1cccc(OC(C)C(=O)Nc2nnc(C)s2)c1. The standard InChI is InChI=1S/C13H15N3O2S/c1-8-5-4-6-11(7-8)18-9(2)12(17)14-13-16-15-10(3)19-13/h4-7,9H,1-3H3,(H,14,16,17). The van der Waals surface area contributed by atoms with E-state index < -0.39 is 6.10 Å². The van der Waals surface area contributed by atoms with Crippen LogP contribution in [0.1, 0.15) is 17.5 Å². The number of amides is 1. The molecule has 6 heteroatoms. The largest absolute Gasteiger partial charge is 0.481 e. The highest BCUT2D eigenvalue weighted by molar-refractivity contribution is 7.15. The van der Waals surface area contributed by atoms with Crippen molar-refractivity contribution in [2.75, 3.05) is 5.32 Å². The quantitative estimate of drug-likeness (QED) is 0.932. The fraction of sp³-hybridized carbons (Fsp3) is 0.308. The summed E-state index contributed by atoms with van der Waals surface area (Å²) in [6.07, 6.45) is -0.592. The zero-order valence-corrected chi connectivity index (χ0v) is 11.8. The van der Waals surface area contributed by atoms with Gasteiger partial charge in [0.2, 0.25) is 5.13 Å². The Kier molecular flexibility index (Phi) is 4.11. The fourth-order valence-electron chi connectivity index (χ4n) is 1.50. The number of hydrogen-bond acceptors (Lipinski definition) is 5. The number of carbonyl (C=O) groups excluding carboxylic acids is 1. The molecule has 0 saturated heterocycles.